The van der Waals surface area contributed by atoms with Crippen molar-refractivity contribution < 1.29 is 9.53 Å². The summed E-state index contributed by atoms with van der Waals surface area (Å²) in [6.07, 6.45) is 7.06. The van der Waals surface area contributed by atoms with Gasteiger partial charge >= 0.3 is 0 Å². The lowest BCUT2D eigenvalue weighted by Crippen LogP contribution is -2.24. The van der Waals surface area contributed by atoms with E-state index in [1.54, 1.807) is 0 Å². The Labute approximate surface area is 239 Å². The number of ether oxygens (including phenoxy) is 1. The lowest BCUT2D eigenvalue weighted by atomic mass is 9.99. The number of para-hydroxylation sites is 2. The Kier molecular flexibility index (Phi) is 9.20. The zero-order valence-electron chi connectivity index (χ0n) is 24.3. The molecule has 5 rings (SSSR count). The molecule has 1 aliphatic rings. The monoisotopic (exact) mass is 537 g/mol. The fourth-order valence-electron chi connectivity index (χ4n) is 5.68. The standard InChI is InChI=1S/C35H43N3O2/c1-4-6-11-27-14-18-30(19-15-27)38-25-29(24-34(38)39)35-36-32-12-7-8-13-33(32)37(35)22-9-10-23-40-31-20-16-28(17-21-31)26(3)5-2/h7-8,12-21,26,29H,4-6,9-11,22-25H2,1-3H3. The van der Waals surface area contributed by atoms with E-state index in [0.717, 1.165) is 60.5 Å². The van der Waals surface area contributed by atoms with Crippen molar-refractivity contribution in [3.8, 4) is 5.75 Å². The quantitative estimate of drug-likeness (QED) is 0.161. The van der Waals surface area contributed by atoms with Gasteiger partial charge in [-0.25, -0.2) is 4.98 Å². The van der Waals surface area contributed by atoms with Crippen molar-refractivity contribution in [2.24, 2.45) is 0 Å². The van der Waals surface area contributed by atoms with Crippen LogP contribution in [0.3, 0.4) is 0 Å². The molecule has 0 bridgehead atoms. The molecule has 0 radical (unpaired) electrons. The van der Waals surface area contributed by atoms with E-state index in [4.69, 9.17) is 9.72 Å². The number of benzene rings is 3. The molecule has 1 aliphatic heterocycles. The van der Waals surface area contributed by atoms with Gasteiger partial charge in [0.05, 0.1) is 17.6 Å². The normalized spacial score (nSPS) is 16.1. The van der Waals surface area contributed by atoms with Crippen LogP contribution in [0.15, 0.2) is 72.8 Å². The van der Waals surface area contributed by atoms with E-state index in [1.807, 2.05) is 11.0 Å². The Balaban J connectivity index is 1.22. The second-order valence-corrected chi connectivity index (χ2v) is 11.2. The van der Waals surface area contributed by atoms with E-state index in [2.05, 4.69) is 92.1 Å². The molecule has 2 atom stereocenters. The van der Waals surface area contributed by atoms with Crippen LogP contribution in [0, 0.1) is 0 Å². The van der Waals surface area contributed by atoms with Crippen molar-refractivity contribution in [2.45, 2.75) is 84.1 Å². The minimum absolute atomic E-state index is 0.0833. The first-order valence-electron chi connectivity index (χ1n) is 15.1. The molecule has 0 spiro atoms. The summed E-state index contributed by atoms with van der Waals surface area (Å²) >= 11 is 0. The van der Waals surface area contributed by atoms with Crippen molar-refractivity contribution in [1.82, 2.24) is 9.55 Å². The zero-order valence-corrected chi connectivity index (χ0v) is 24.3. The molecule has 2 unspecified atom stereocenters. The molecule has 0 N–H and O–H groups in total. The summed E-state index contributed by atoms with van der Waals surface area (Å²) in [6, 6.07) is 25.4. The highest BCUT2D eigenvalue weighted by atomic mass is 16.5. The van der Waals surface area contributed by atoms with Gasteiger partial charge in [-0.05, 0) is 85.5 Å². The summed E-state index contributed by atoms with van der Waals surface area (Å²) in [4.78, 5) is 20.1. The number of nitrogens with zero attached hydrogens (tertiary/aromatic N) is 3. The van der Waals surface area contributed by atoms with Crippen molar-refractivity contribution in [3.63, 3.8) is 0 Å². The number of imidazole rings is 1. The fourth-order valence-corrected chi connectivity index (χ4v) is 5.68. The molecule has 5 nitrogen and oxygen atoms in total. The molecule has 210 valence electrons. The van der Waals surface area contributed by atoms with E-state index < -0.39 is 0 Å². The maximum absolute atomic E-state index is 13.1. The minimum atomic E-state index is 0.0833. The number of aromatic nitrogens is 2. The van der Waals surface area contributed by atoms with E-state index in [1.165, 1.54) is 24.0 Å². The van der Waals surface area contributed by atoms with Gasteiger partial charge in [0.15, 0.2) is 0 Å². The van der Waals surface area contributed by atoms with Crippen LogP contribution in [0.5, 0.6) is 5.75 Å². The SMILES string of the molecule is CCCCc1ccc(N2CC(c3nc4ccccc4n3CCCCOc3ccc(C(C)CC)cc3)CC2=O)cc1. The van der Waals surface area contributed by atoms with Crippen LogP contribution in [0.4, 0.5) is 5.69 Å². The Bertz CT molecular complexity index is 1390. The second-order valence-electron chi connectivity index (χ2n) is 11.2. The molecule has 3 aromatic carbocycles. The van der Waals surface area contributed by atoms with E-state index in [-0.39, 0.29) is 11.8 Å². The van der Waals surface area contributed by atoms with Crippen molar-refractivity contribution >= 4 is 22.6 Å². The first kappa shape index (κ1) is 27.9. The van der Waals surface area contributed by atoms with Gasteiger partial charge in [0, 0.05) is 31.1 Å². The van der Waals surface area contributed by atoms with Gasteiger partial charge in [-0.2, -0.15) is 0 Å². The molecular weight excluding hydrogens is 494 g/mol. The zero-order chi connectivity index (χ0) is 27.9. The topological polar surface area (TPSA) is 47.4 Å². The number of anilines is 1. The number of fused-ring (bicyclic) bond motifs is 1. The predicted octanol–water partition coefficient (Wildman–Crippen LogP) is 8.27. The van der Waals surface area contributed by atoms with E-state index in [0.29, 0.717) is 25.5 Å². The van der Waals surface area contributed by atoms with Crippen LogP contribution in [0.1, 0.15) is 88.1 Å². The molecule has 2 heterocycles. The van der Waals surface area contributed by atoms with Crippen LogP contribution in [0.2, 0.25) is 0 Å². The van der Waals surface area contributed by atoms with Gasteiger partial charge < -0.3 is 14.2 Å². The Morgan fingerprint density at radius 2 is 1.73 bits per heavy atom. The Morgan fingerprint density at radius 3 is 2.48 bits per heavy atom. The summed E-state index contributed by atoms with van der Waals surface area (Å²) in [6.45, 7) is 8.92. The number of hydrogen-bond acceptors (Lipinski definition) is 3. The van der Waals surface area contributed by atoms with Gasteiger partial charge in [0.25, 0.3) is 0 Å². The van der Waals surface area contributed by atoms with Gasteiger partial charge in [0.2, 0.25) is 5.91 Å². The van der Waals surface area contributed by atoms with Gasteiger partial charge in [-0.1, -0.05) is 63.6 Å². The highest BCUT2D eigenvalue weighted by molar-refractivity contribution is 5.96. The molecule has 1 saturated heterocycles. The third-order valence-electron chi connectivity index (χ3n) is 8.35. The summed E-state index contributed by atoms with van der Waals surface area (Å²) in [7, 11) is 0. The maximum Gasteiger partial charge on any atom is 0.227 e. The molecule has 1 fully saturated rings. The average molecular weight is 538 g/mol. The molecule has 4 aromatic rings. The second kappa shape index (κ2) is 13.2. The van der Waals surface area contributed by atoms with Crippen LogP contribution in [-0.2, 0) is 17.8 Å². The summed E-state index contributed by atoms with van der Waals surface area (Å²) < 4.78 is 8.38. The summed E-state index contributed by atoms with van der Waals surface area (Å²) in [5, 5.41) is 0. The number of hydrogen-bond donors (Lipinski definition) is 0. The van der Waals surface area contributed by atoms with Gasteiger partial charge in [-0.15, -0.1) is 0 Å². The van der Waals surface area contributed by atoms with Crippen LogP contribution in [0.25, 0.3) is 11.0 Å². The Hall–Kier alpha value is -3.60. The average Bonchev–Trinajstić information content (AvgIpc) is 3.56. The largest absolute Gasteiger partial charge is 0.494 e. The van der Waals surface area contributed by atoms with Crippen molar-refractivity contribution in [3.05, 3.63) is 89.7 Å². The van der Waals surface area contributed by atoms with E-state index >= 15 is 0 Å². The highest BCUT2D eigenvalue weighted by Gasteiger charge is 2.34. The highest BCUT2D eigenvalue weighted by Crippen LogP contribution is 2.33. The number of carbonyl (C=O) groups is 1. The van der Waals surface area contributed by atoms with Crippen molar-refractivity contribution in [1.29, 1.82) is 0 Å². The van der Waals surface area contributed by atoms with Gasteiger partial charge in [-0.3, -0.25) is 4.79 Å². The molecule has 1 amide bonds. The Morgan fingerprint density at radius 1 is 0.950 bits per heavy atom. The lowest BCUT2D eigenvalue weighted by Gasteiger charge is -2.18. The summed E-state index contributed by atoms with van der Waals surface area (Å²) in [5.74, 6) is 2.80. The summed E-state index contributed by atoms with van der Waals surface area (Å²) in [5.41, 5.74) is 5.83. The number of rotatable bonds is 13. The number of aryl methyl sites for hydroxylation is 2. The van der Waals surface area contributed by atoms with Crippen LogP contribution in [-0.4, -0.2) is 28.6 Å². The third-order valence-corrected chi connectivity index (χ3v) is 8.35. The van der Waals surface area contributed by atoms with Crippen molar-refractivity contribution in [2.75, 3.05) is 18.1 Å². The molecule has 5 heteroatoms. The van der Waals surface area contributed by atoms with Crippen LogP contribution < -0.4 is 9.64 Å². The molecule has 40 heavy (non-hydrogen) atoms. The number of unbranched alkanes of at least 4 members (excludes halogenated alkanes) is 2. The number of carbonyl (C=O) groups excluding carboxylic acids is 1. The third kappa shape index (κ3) is 6.41. The maximum atomic E-state index is 13.1. The first-order valence-corrected chi connectivity index (χ1v) is 15.1. The fraction of sp³-hybridized carbons (Fsp3) is 0.429. The predicted molar refractivity (Wildman–Crippen MR) is 164 cm³/mol. The van der Waals surface area contributed by atoms with Gasteiger partial charge in [0.1, 0.15) is 11.6 Å². The smallest absolute Gasteiger partial charge is 0.227 e. The molecular formula is C35H43N3O2. The molecule has 0 aliphatic carbocycles. The minimum Gasteiger partial charge on any atom is -0.494 e. The van der Waals surface area contributed by atoms with Crippen LogP contribution >= 0.6 is 0 Å². The molecule has 0 saturated carbocycles. The lowest BCUT2D eigenvalue weighted by molar-refractivity contribution is -0.117. The number of amides is 1. The molecule has 1 aromatic heterocycles. The first-order chi connectivity index (χ1) is 19.6. The van der Waals surface area contributed by atoms with E-state index in [9.17, 15) is 4.79 Å².